The molecule has 0 unspecified atom stereocenters. The summed E-state index contributed by atoms with van der Waals surface area (Å²) in [5, 5.41) is 14.1. The van der Waals surface area contributed by atoms with Gasteiger partial charge in [-0.3, -0.25) is 9.58 Å². The van der Waals surface area contributed by atoms with Gasteiger partial charge in [0.1, 0.15) is 0 Å². The van der Waals surface area contributed by atoms with Crippen molar-refractivity contribution < 1.29 is 13.9 Å². The Kier molecular flexibility index (Phi) is 5.41. The van der Waals surface area contributed by atoms with E-state index >= 15 is 0 Å². The van der Waals surface area contributed by atoms with E-state index in [9.17, 15) is 13.9 Å². The van der Waals surface area contributed by atoms with E-state index in [-0.39, 0.29) is 0 Å². The molecule has 0 aliphatic carbocycles. The Hall–Kier alpha value is -1.79. The lowest BCUT2D eigenvalue weighted by Crippen LogP contribution is -2.34. The van der Waals surface area contributed by atoms with Gasteiger partial charge in [0.05, 0.1) is 12.6 Å². The van der Waals surface area contributed by atoms with Gasteiger partial charge >= 0.3 is 0 Å². The molecular weight excluding hydrogens is 276 g/mol. The summed E-state index contributed by atoms with van der Waals surface area (Å²) in [6, 6.07) is 5.67. The molecule has 114 valence electrons. The molecule has 1 aromatic heterocycles. The molecule has 0 radical (unpaired) electrons. The summed E-state index contributed by atoms with van der Waals surface area (Å²) in [5.41, 5.74) is 0.682. The first-order chi connectivity index (χ1) is 10.1. The molecule has 2 aromatic rings. The van der Waals surface area contributed by atoms with Crippen LogP contribution in [0.2, 0.25) is 0 Å². The van der Waals surface area contributed by atoms with Crippen LogP contribution >= 0.6 is 0 Å². The van der Waals surface area contributed by atoms with Crippen LogP contribution in [-0.4, -0.2) is 39.0 Å². The van der Waals surface area contributed by atoms with E-state index in [4.69, 9.17) is 0 Å². The molecule has 6 heteroatoms. The first kappa shape index (κ1) is 15.6. The van der Waals surface area contributed by atoms with E-state index in [0.717, 1.165) is 6.07 Å². The monoisotopic (exact) mass is 295 g/mol. The molecule has 0 bridgehead atoms. The zero-order valence-corrected chi connectivity index (χ0v) is 11.9. The number of nitrogens with zero attached hydrogens (tertiary/aromatic N) is 3. The molecule has 1 heterocycles. The number of aliphatic hydroxyl groups excluding tert-OH is 1. The predicted octanol–water partition coefficient (Wildman–Crippen LogP) is 2.04. The minimum atomic E-state index is -0.847. The van der Waals surface area contributed by atoms with Gasteiger partial charge < -0.3 is 5.11 Å². The molecule has 0 aliphatic heterocycles. The van der Waals surface area contributed by atoms with E-state index in [1.807, 2.05) is 11.8 Å². The average Bonchev–Trinajstić information content (AvgIpc) is 2.94. The molecule has 0 spiro atoms. The molecule has 1 aromatic carbocycles. The summed E-state index contributed by atoms with van der Waals surface area (Å²) in [4.78, 5) is 1.97. The lowest BCUT2D eigenvalue weighted by atomic mass is 10.2. The van der Waals surface area contributed by atoms with Crippen molar-refractivity contribution in [2.75, 3.05) is 13.1 Å². The molecule has 0 aliphatic rings. The second-order valence-corrected chi connectivity index (χ2v) is 4.96. The number of aromatic nitrogens is 2. The fraction of sp³-hybridized carbons (Fsp3) is 0.400. The molecule has 0 saturated heterocycles. The van der Waals surface area contributed by atoms with Crippen LogP contribution in [0.3, 0.4) is 0 Å². The molecule has 2 rings (SSSR count). The SMILES string of the molecule is CCN(Cc1ccc(F)c(F)c1)C[C@@H](O)Cn1cccn1. The number of hydrogen-bond acceptors (Lipinski definition) is 3. The van der Waals surface area contributed by atoms with Crippen molar-refractivity contribution in [3.05, 3.63) is 53.9 Å². The van der Waals surface area contributed by atoms with Crippen LogP contribution in [0.4, 0.5) is 8.78 Å². The van der Waals surface area contributed by atoms with Crippen LogP contribution in [0.25, 0.3) is 0 Å². The summed E-state index contributed by atoms with van der Waals surface area (Å²) < 4.78 is 27.8. The number of rotatable bonds is 7. The van der Waals surface area contributed by atoms with Crippen LogP contribution in [0.5, 0.6) is 0 Å². The van der Waals surface area contributed by atoms with Gasteiger partial charge in [-0.25, -0.2) is 8.78 Å². The maximum Gasteiger partial charge on any atom is 0.159 e. The highest BCUT2D eigenvalue weighted by Gasteiger charge is 2.12. The van der Waals surface area contributed by atoms with E-state index < -0.39 is 17.7 Å². The summed E-state index contributed by atoms with van der Waals surface area (Å²) in [7, 11) is 0. The third kappa shape index (κ3) is 4.61. The van der Waals surface area contributed by atoms with Gasteiger partial charge in [0.15, 0.2) is 11.6 Å². The largest absolute Gasteiger partial charge is 0.390 e. The van der Waals surface area contributed by atoms with Gasteiger partial charge in [0, 0.05) is 25.5 Å². The first-order valence-electron chi connectivity index (χ1n) is 6.90. The maximum atomic E-state index is 13.2. The van der Waals surface area contributed by atoms with Crippen molar-refractivity contribution in [2.45, 2.75) is 26.1 Å². The Labute approximate surface area is 122 Å². The van der Waals surface area contributed by atoms with Crippen molar-refractivity contribution >= 4 is 0 Å². The Morgan fingerprint density at radius 3 is 2.76 bits per heavy atom. The summed E-state index contributed by atoms with van der Waals surface area (Å²) in [6.07, 6.45) is 2.87. The lowest BCUT2D eigenvalue weighted by molar-refractivity contribution is 0.0940. The molecule has 1 N–H and O–H groups in total. The van der Waals surface area contributed by atoms with Crippen molar-refractivity contribution in [1.29, 1.82) is 0 Å². The maximum absolute atomic E-state index is 13.2. The first-order valence-corrected chi connectivity index (χ1v) is 6.90. The van der Waals surface area contributed by atoms with Gasteiger partial charge in [0.25, 0.3) is 0 Å². The van der Waals surface area contributed by atoms with Crippen molar-refractivity contribution in [3.8, 4) is 0 Å². The fourth-order valence-corrected chi connectivity index (χ4v) is 2.18. The summed E-state index contributed by atoms with van der Waals surface area (Å²) in [6.45, 7) is 3.97. The van der Waals surface area contributed by atoms with Gasteiger partial charge in [0.2, 0.25) is 0 Å². The lowest BCUT2D eigenvalue weighted by Gasteiger charge is -2.23. The molecule has 1 atom stereocenters. The number of hydrogen-bond donors (Lipinski definition) is 1. The normalized spacial score (nSPS) is 12.8. The Balaban J connectivity index is 1.91. The number of aliphatic hydroxyl groups is 1. The Bertz CT molecular complexity index is 560. The predicted molar refractivity (Wildman–Crippen MR) is 75.5 cm³/mol. The van der Waals surface area contributed by atoms with E-state index in [1.165, 1.54) is 6.07 Å². The topological polar surface area (TPSA) is 41.3 Å². The van der Waals surface area contributed by atoms with Crippen LogP contribution in [-0.2, 0) is 13.1 Å². The van der Waals surface area contributed by atoms with Gasteiger partial charge in [-0.2, -0.15) is 5.10 Å². The standard InChI is InChI=1S/C15H19F2N3O/c1-2-19(9-12-4-5-14(16)15(17)8-12)10-13(21)11-20-7-3-6-18-20/h3-8,13,21H,2,9-11H2,1H3/t13-/m1/s1. The smallest absolute Gasteiger partial charge is 0.159 e. The van der Waals surface area contributed by atoms with E-state index in [0.29, 0.717) is 31.7 Å². The van der Waals surface area contributed by atoms with Crippen LogP contribution in [0, 0.1) is 11.6 Å². The van der Waals surface area contributed by atoms with Gasteiger partial charge in [-0.05, 0) is 30.3 Å². The Morgan fingerprint density at radius 2 is 2.14 bits per heavy atom. The number of halogens is 2. The summed E-state index contributed by atoms with van der Waals surface area (Å²) >= 11 is 0. The van der Waals surface area contributed by atoms with Crippen molar-refractivity contribution in [2.24, 2.45) is 0 Å². The van der Waals surface area contributed by atoms with Crippen LogP contribution in [0.15, 0.2) is 36.7 Å². The minimum absolute atomic E-state index is 0.404. The second kappa shape index (κ2) is 7.28. The highest BCUT2D eigenvalue weighted by atomic mass is 19.2. The van der Waals surface area contributed by atoms with E-state index in [2.05, 4.69) is 5.10 Å². The quantitative estimate of drug-likeness (QED) is 0.850. The van der Waals surface area contributed by atoms with Gasteiger partial charge in [-0.15, -0.1) is 0 Å². The molecule has 21 heavy (non-hydrogen) atoms. The molecule has 0 fully saturated rings. The molecule has 4 nitrogen and oxygen atoms in total. The van der Waals surface area contributed by atoms with Crippen LogP contribution < -0.4 is 0 Å². The van der Waals surface area contributed by atoms with Crippen molar-refractivity contribution in [1.82, 2.24) is 14.7 Å². The van der Waals surface area contributed by atoms with Gasteiger partial charge in [-0.1, -0.05) is 13.0 Å². The Morgan fingerprint density at radius 1 is 1.33 bits per heavy atom. The molecule has 0 saturated carbocycles. The van der Waals surface area contributed by atoms with E-state index in [1.54, 1.807) is 29.2 Å². The highest BCUT2D eigenvalue weighted by molar-refractivity contribution is 5.17. The zero-order chi connectivity index (χ0) is 15.2. The van der Waals surface area contributed by atoms with Crippen LogP contribution in [0.1, 0.15) is 12.5 Å². The third-order valence-corrected chi connectivity index (χ3v) is 3.26. The average molecular weight is 295 g/mol. The second-order valence-electron chi connectivity index (χ2n) is 4.96. The third-order valence-electron chi connectivity index (χ3n) is 3.26. The zero-order valence-electron chi connectivity index (χ0n) is 11.9. The molecule has 0 amide bonds. The molecular formula is C15H19F2N3O. The summed E-state index contributed by atoms with van der Waals surface area (Å²) in [5.74, 6) is -1.69. The number of benzene rings is 1. The number of likely N-dealkylation sites (N-methyl/N-ethyl adjacent to an activating group) is 1. The fourth-order valence-electron chi connectivity index (χ4n) is 2.18. The minimum Gasteiger partial charge on any atom is -0.390 e. The highest BCUT2D eigenvalue weighted by Crippen LogP contribution is 2.11. The van der Waals surface area contributed by atoms with Crippen molar-refractivity contribution in [3.63, 3.8) is 0 Å².